The maximum Gasteiger partial charge on any atom is 0.248 e. The molecule has 0 saturated heterocycles. The van der Waals surface area contributed by atoms with Crippen molar-refractivity contribution >= 4 is 5.91 Å². The normalized spacial score (nSPS) is 11.0. The molecule has 0 aliphatic heterocycles. The van der Waals surface area contributed by atoms with Crippen LogP contribution in [0, 0.1) is 0 Å². The number of benzene rings is 1. The van der Waals surface area contributed by atoms with Crippen LogP contribution in [0.25, 0.3) is 0 Å². The van der Waals surface area contributed by atoms with Crippen LogP contribution in [0.15, 0.2) is 18.2 Å². The lowest BCUT2D eigenvalue weighted by atomic mass is 10.1. The van der Waals surface area contributed by atoms with Crippen molar-refractivity contribution in [2.24, 2.45) is 0 Å². The molecule has 1 aromatic rings. The fraction of sp³-hybridized carbons (Fsp3) is 0.500. The molecular weight excluding hydrogens is 246 g/mol. The molecule has 0 spiro atoms. The first-order valence-electron chi connectivity index (χ1n) is 6.03. The zero-order chi connectivity index (χ0) is 14.5. The first kappa shape index (κ1) is 15.3. The number of hydrogen-bond donors (Lipinski definition) is 1. The second-order valence-electron chi connectivity index (χ2n) is 5.09. The van der Waals surface area contributed by atoms with Crippen LogP contribution in [0.3, 0.4) is 0 Å². The van der Waals surface area contributed by atoms with Crippen LogP contribution in [0.1, 0.15) is 26.3 Å². The molecule has 5 heteroatoms. The number of rotatable bonds is 5. The molecule has 0 saturated carbocycles. The fourth-order valence-corrected chi connectivity index (χ4v) is 1.42. The van der Waals surface area contributed by atoms with E-state index in [0.29, 0.717) is 11.5 Å². The van der Waals surface area contributed by atoms with Crippen LogP contribution in [0.4, 0.5) is 0 Å². The van der Waals surface area contributed by atoms with Gasteiger partial charge in [-0.15, -0.1) is 0 Å². The van der Waals surface area contributed by atoms with Crippen molar-refractivity contribution in [3.63, 3.8) is 0 Å². The summed E-state index contributed by atoms with van der Waals surface area (Å²) < 4.78 is 10.3. The SMILES string of the molecule is COc1ccc(CC(=O)NOC(C)(C)C)c(OC)c1. The molecule has 1 N–H and O–H groups in total. The van der Waals surface area contributed by atoms with Crippen LogP contribution < -0.4 is 15.0 Å². The van der Waals surface area contributed by atoms with Gasteiger partial charge < -0.3 is 9.47 Å². The third kappa shape index (κ3) is 5.18. The van der Waals surface area contributed by atoms with Crippen molar-refractivity contribution in [2.45, 2.75) is 32.8 Å². The minimum atomic E-state index is -0.417. The van der Waals surface area contributed by atoms with E-state index >= 15 is 0 Å². The molecule has 106 valence electrons. The lowest BCUT2D eigenvalue weighted by Gasteiger charge is -2.19. The number of carbonyl (C=O) groups is 1. The molecular formula is C14H21NO4. The van der Waals surface area contributed by atoms with Crippen molar-refractivity contribution in [3.8, 4) is 11.5 Å². The molecule has 0 radical (unpaired) electrons. The van der Waals surface area contributed by atoms with Crippen LogP contribution in [0.5, 0.6) is 11.5 Å². The minimum Gasteiger partial charge on any atom is -0.497 e. The van der Waals surface area contributed by atoms with Gasteiger partial charge in [0.2, 0.25) is 5.91 Å². The summed E-state index contributed by atoms with van der Waals surface area (Å²) in [7, 11) is 3.14. The lowest BCUT2D eigenvalue weighted by molar-refractivity contribution is -0.144. The number of amides is 1. The van der Waals surface area contributed by atoms with E-state index in [1.807, 2.05) is 20.8 Å². The Morgan fingerprint density at radius 1 is 1.21 bits per heavy atom. The molecule has 5 nitrogen and oxygen atoms in total. The van der Waals surface area contributed by atoms with Crippen molar-refractivity contribution in [3.05, 3.63) is 23.8 Å². The molecule has 0 aliphatic rings. The molecule has 0 aromatic heterocycles. The summed E-state index contributed by atoms with van der Waals surface area (Å²) in [6.45, 7) is 5.59. The highest BCUT2D eigenvalue weighted by Crippen LogP contribution is 2.24. The van der Waals surface area contributed by atoms with Crippen molar-refractivity contribution in [1.29, 1.82) is 0 Å². The fourth-order valence-electron chi connectivity index (χ4n) is 1.42. The second-order valence-corrected chi connectivity index (χ2v) is 5.09. The van der Waals surface area contributed by atoms with Crippen LogP contribution in [0.2, 0.25) is 0 Å². The summed E-state index contributed by atoms with van der Waals surface area (Å²) in [5.74, 6) is 1.08. The average Bonchev–Trinajstić information content (AvgIpc) is 2.36. The van der Waals surface area contributed by atoms with Crippen molar-refractivity contribution in [1.82, 2.24) is 5.48 Å². The molecule has 0 aliphatic carbocycles. The Hall–Kier alpha value is -1.75. The summed E-state index contributed by atoms with van der Waals surface area (Å²) >= 11 is 0. The van der Waals surface area contributed by atoms with Gasteiger partial charge in [-0.2, -0.15) is 0 Å². The maximum absolute atomic E-state index is 11.8. The topological polar surface area (TPSA) is 56.8 Å². The summed E-state index contributed by atoms with van der Waals surface area (Å²) in [5.41, 5.74) is 2.78. The number of carbonyl (C=O) groups excluding carboxylic acids is 1. The third-order valence-corrected chi connectivity index (χ3v) is 2.32. The molecule has 19 heavy (non-hydrogen) atoms. The highest BCUT2D eigenvalue weighted by atomic mass is 16.7. The molecule has 0 atom stereocenters. The standard InChI is InChI=1S/C14H21NO4/c1-14(2,3)19-15-13(16)8-10-6-7-11(17-4)9-12(10)18-5/h6-7,9H,8H2,1-5H3,(H,15,16). The predicted molar refractivity (Wildman–Crippen MR) is 72.2 cm³/mol. The Morgan fingerprint density at radius 3 is 2.42 bits per heavy atom. The summed E-state index contributed by atoms with van der Waals surface area (Å²) in [5, 5.41) is 0. The van der Waals surface area contributed by atoms with E-state index in [9.17, 15) is 4.79 Å². The Kier molecular flexibility index (Phi) is 5.18. The van der Waals surface area contributed by atoms with Crippen LogP contribution in [-0.4, -0.2) is 25.7 Å². The van der Waals surface area contributed by atoms with E-state index in [4.69, 9.17) is 14.3 Å². The van der Waals surface area contributed by atoms with Gasteiger partial charge in [-0.05, 0) is 26.8 Å². The van der Waals surface area contributed by atoms with E-state index in [1.54, 1.807) is 32.4 Å². The highest BCUT2D eigenvalue weighted by Gasteiger charge is 2.14. The van der Waals surface area contributed by atoms with Gasteiger partial charge >= 0.3 is 0 Å². The highest BCUT2D eigenvalue weighted by molar-refractivity contribution is 5.78. The Balaban J connectivity index is 2.68. The zero-order valence-electron chi connectivity index (χ0n) is 12.1. The van der Waals surface area contributed by atoms with Gasteiger partial charge in [0.1, 0.15) is 11.5 Å². The predicted octanol–water partition coefficient (Wildman–Crippen LogP) is 2.09. The van der Waals surface area contributed by atoms with Crippen LogP contribution >= 0.6 is 0 Å². The number of hydrogen-bond acceptors (Lipinski definition) is 4. The molecule has 1 aromatic carbocycles. The number of hydroxylamine groups is 1. The molecule has 0 heterocycles. The van der Waals surface area contributed by atoms with Crippen LogP contribution in [-0.2, 0) is 16.1 Å². The molecule has 1 amide bonds. The summed E-state index contributed by atoms with van der Waals surface area (Å²) in [6, 6.07) is 5.33. The van der Waals surface area contributed by atoms with Gasteiger partial charge in [0.15, 0.2) is 0 Å². The number of ether oxygens (including phenoxy) is 2. The van der Waals surface area contributed by atoms with Gasteiger partial charge in [0.05, 0.1) is 26.2 Å². The molecule has 1 rings (SSSR count). The lowest BCUT2D eigenvalue weighted by Crippen LogP contribution is -2.34. The van der Waals surface area contributed by atoms with E-state index in [-0.39, 0.29) is 12.3 Å². The first-order chi connectivity index (χ1) is 8.85. The largest absolute Gasteiger partial charge is 0.497 e. The molecule has 0 bridgehead atoms. The van der Waals surface area contributed by atoms with Crippen molar-refractivity contribution in [2.75, 3.05) is 14.2 Å². The number of methoxy groups -OCH3 is 2. The summed E-state index contributed by atoms with van der Waals surface area (Å²) in [4.78, 5) is 17.0. The quantitative estimate of drug-likeness (QED) is 0.830. The molecule has 0 fully saturated rings. The van der Waals surface area contributed by atoms with E-state index in [0.717, 1.165) is 5.56 Å². The van der Waals surface area contributed by atoms with Crippen molar-refractivity contribution < 1.29 is 19.1 Å². The maximum atomic E-state index is 11.8. The van der Waals surface area contributed by atoms with Gasteiger partial charge in [-0.1, -0.05) is 6.07 Å². The average molecular weight is 267 g/mol. The Morgan fingerprint density at radius 2 is 1.89 bits per heavy atom. The van der Waals surface area contributed by atoms with E-state index in [2.05, 4.69) is 5.48 Å². The first-order valence-corrected chi connectivity index (χ1v) is 6.03. The van der Waals surface area contributed by atoms with Gasteiger partial charge in [-0.3, -0.25) is 9.63 Å². The Labute approximate surface area is 113 Å². The monoisotopic (exact) mass is 267 g/mol. The van der Waals surface area contributed by atoms with E-state index < -0.39 is 5.60 Å². The van der Waals surface area contributed by atoms with Gasteiger partial charge in [-0.25, -0.2) is 5.48 Å². The van der Waals surface area contributed by atoms with E-state index in [1.165, 1.54) is 0 Å². The minimum absolute atomic E-state index is 0.184. The Bertz CT molecular complexity index is 438. The molecule has 0 unspecified atom stereocenters. The second kappa shape index (κ2) is 6.43. The third-order valence-electron chi connectivity index (χ3n) is 2.32. The zero-order valence-corrected chi connectivity index (χ0v) is 12.1. The smallest absolute Gasteiger partial charge is 0.248 e. The van der Waals surface area contributed by atoms with Gasteiger partial charge in [0, 0.05) is 11.6 Å². The number of nitrogens with one attached hydrogen (secondary N) is 1. The summed E-state index contributed by atoms with van der Waals surface area (Å²) in [6.07, 6.45) is 0.184. The van der Waals surface area contributed by atoms with Gasteiger partial charge in [0.25, 0.3) is 0 Å².